The van der Waals surface area contributed by atoms with Gasteiger partial charge in [0.2, 0.25) is 5.91 Å². The summed E-state index contributed by atoms with van der Waals surface area (Å²) in [5.41, 5.74) is 8.22. The monoisotopic (exact) mass is 385 g/mol. The van der Waals surface area contributed by atoms with Gasteiger partial charge >= 0.3 is 0 Å². The van der Waals surface area contributed by atoms with Crippen LogP contribution in [0.1, 0.15) is 61.0 Å². The largest absolute Gasteiger partial charge is 0.370 e. The molecule has 1 saturated carbocycles. The molecule has 1 fully saturated rings. The molecule has 2 aliphatic carbocycles. The number of hydrogen-bond donors (Lipinski definition) is 1. The van der Waals surface area contributed by atoms with Crippen LogP contribution in [0.15, 0.2) is 24.3 Å². The molecule has 4 rings (SSSR count). The molecule has 2 N–H and O–H groups in total. The predicted molar refractivity (Wildman–Crippen MR) is 107 cm³/mol. The third kappa shape index (κ3) is 3.84. The lowest BCUT2D eigenvalue weighted by molar-refractivity contribution is -0.118. The lowest BCUT2D eigenvalue weighted by Gasteiger charge is -2.33. The van der Waals surface area contributed by atoms with E-state index in [1.54, 1.807) is 0 Å². The molecule has 6 nitrogen and oxygen atoms in total. The van der Waals surface area contributed by atoms with Crippen molar-refractivity contribution in [1.82, 2.24) is 19.2 Å². The van der Waals surface area contributed by atoms with Gasteiger partial charge in [-0.1, -0.05) is 24.3 Å². The fourth-order valence-corrected chi connectivity index (χ4v) is 4.40. The van der Waals surface area contributed by atoms with E-state index < -0.39 is 0 Å². The van der Waals surface area contributed by atoms with Gasteiger partial charge in [0.15, 0.2) is 4.77 Å². The number of benzene rings is 1. The van der Waals surface area contributed by atoms with Gasteiger partial charge in [-0.15, -0.1) is 0 Å². The Morgan fingerprint density at radius 3 is 2.85 bits per heavy atom. The van der Waals surface area contributed by atoms with Crippen molar-refractivity contribution < 1.29 is 4.79 Å². The Labute approximate surface area is 165 Å². The molecule has 1 heterocycles. The molecule has 144 valence electrons. The number of carbonyl (C=O) groups is 1. The van der Waals surface area contributed by atoms with Crippen LogP contribution in [0.25, 0.3) is 0 Å². The molecule has 0 unspecified atom stereocenters. The zero-order valence-corrected chi connectivity index (χ0v) is 16.6. The van der Waals surface area contributed by atoms with E-state index in [1.165, 1.54) is 17.5 Å². The average Bonchev–Trinajstić information content (AvgIpc) is 3.46. The first-order chi connectivity index (χ1) is 13.0. The molecule has 27 heavy (non-hydrogen) atoms. The summed E-state index contributed by atoms with van der Waals surface area (Å²) in [6.45, 7) is 1.18. The van der Waals surface area contributed by atoms with Crippen LogP contribution in [-0.2, 0) is 24.4 Å². The Kier molecular flexibility index (Phi) is 5.14. The number of carbonyl (C=O) groups excluding carboxylic acids is 1. The molecule has 0 spiro atoms. The zero-order valence-electron chi connectivity index (χ0n) is 15.8. The maximum Gasteiger partial charge on any atom is 0.219 e. The number of nitrogens with zero attached hydrogens (tertiary/aromatic N) is 4. The van der Waals surface area contributed by atoms with Crippen molar-refractivity contribution in [2.24, 2.45) is 5.73 Å². The maximum absolute atomic E-state index is 11.2. The Morgan fingerprint density at radius 1 is 1.33 bits per heavy atom. The molecule has 0 radical (unpaired) electrons. The number of fused-ring (bicyclic) bond motifs is 1. The topological polar surface area (TPSA) is 69.1 Å². The van der Waals surface area contributed by atoms with Gasteiger partial charge in [0, 0.05) is 24.9 Å². The molecule has 1 aromatic heterocycles. The van der Waals surface area contributed by atoms with Crippen LogP contribution in [-0.4, -0.2) is 32.2 Å². The van der Waals surface area contributed by atoms with E-state index in [0.29, 0.717) is 36.4 Å². The third-order valence-electron chi connectivity index (χ3n) is 5.70. The van der Waals surface area contributed by atoms with Crippen LogP contribution in [0.4, 0.5) is 0 Å². The second-order valence-corrected chi connectivity index (χ2v) is 8.15. The van der Waals surface area contributed by atoms with Crippen LogP contribution in [0.5, 0.6) is 0 Å². The van der Waals surface area contributed by atoms with Gasteiger partial charge in [-0.25, -0.2) is 4.68 Å². The van der Waals surface area contributed by atoms with Crippen molar-refractivity contribution >= 4 is 18.1 Å². The molecule has 0 aliphatic heterocycles. The highest BCUT2D eigenvalue weighted by Crippen LogP contribution is 2.39. The van der Waals surface area contributed by atoms with Gasteiger partial charge in [-0.05, 0) is 62.5 Å². The van der Waals surface area contributed by atoms with Gasteiger partial charge in [0.1, 0.15) is 5.82 Å². The maximum atomic E-state index is 11.2. The lowest BCUT2D eigenvalue weighted by atomic mass is 9.87. The predicted octanol–water partition coefficient (Wildman–Crippen LogP) is 3.13. The number of nitrogens with two attached hydrogens (primary N) is 1. The average molecular weight is 386 g/mol. The van der Waals surface area contributed by atoms with Crippen molar-refractivity contribution in [2.75, 3.05) is 7.05 Å². The summed E-state index contributed by atoms with van der Waals surface area (Å²) in [6, 6.07) is 9.12. The fourth-order valence-electron chi connectivity index (χ4n) is 4.12. The standard InChI is InChI=1S/C20H27N5OS/c1-23(17-8-4-6-14-5-2-3-7-16(14)17)13-25-20(27)24(12-11-18(21)26)19(22-25)15-9-10-15/h2-3,5,7,15,17H,4,6,8-13H2,1H3,(H2,21,26)/t17-/m1/s1. The van der Waals surface area contributed by atoms with E-state index in [2.05, 4.69) is 36.2 Å². The molecule has 1 amide bonds. The third-order valence-corrected chi connectivity index (χ3v) is 6.13. The summed E-state index contributed by atoms with van der Waals surface area (Å²) in [7, 11) is 2.15. The van der Waals surface area contributed by atoms with Gasteiger partial charge in [0.05, 0.1) is 6.67 Å². The number of aryl methyl sites for hydroxylation is 1. The SMILES string of the molecule is CN(Cn1nc(C2CC2)n(CCC(N)=O)c1=S)[C@@H]1CCCc2ccccc21. The quantitative estimate of drug-likeness (QED) is 0.744. The van der Waals surface area contributed by atoms with Crippen molar-refractivity contribution in [3.05, 3.63) is 46.0 Å². The summed E-state index contributed by atoms with van der Waals surface area (Å²) in [5, 5.41) is 4.82. The zero-order chi connectivity index (χ0) is 19.0. The normalized spacial score (nSPS) is 19.3. The minimum Gasteiger partial charge on any atom is -0.370 e. The Morgan fingerprint density at radius 2 is 2.11 bits per heavy atom. The van der Waals surface area contributed by atoms with E-state index in [1.807, 2.05) is 9.25 Å². The summed E-state index contributed by atoms with van der Waals surface area (Å²) in [4.78, 5) is 13.6. The Hall–Kier alpha value is -1.99. The number of amides is 1. The van der Waals surface area contributed by atoms with Gasteiger partial charge < -0.3 is 10.3 Å². The van der Waals surface area contributed by atoms with Crippen LogP contribution < -0.4 is 5.73 Å². The van der Waals surface area contributed by atoms with E-state index >= 15 is 0 Å². The van der Waals surface area contributed by atoms with Crippen LogP contribution in [0.3, 0.4) is 0 Å². The first-order valence-electron chi connectivity index (χ1n) is 9.78. The van der Waals surface area contributed by atoms with E-state index in [9.17, 15) is 4.79 Å². The van der Waals surface area contributed by atoms with Gasteiger partial charge in [0.25, 0.3) is 0 Å². The first-order valence-corrected chi connectivity index (χ1v) is 10.2. The van der Waals surface area contributed by atoms with Crippen LogP contribution >= 0.6 is 12.2 Å². The molecule has 0 saturated heterocycles. The second kappa shape index (κ2) is 7.56. The van der Waals surface area contributed by atoms with E-state index in [0.717, 1.165) is 31.5 Å². The molecule has 1 atom stereocenters. The van der Waals surface area contributed by atoms with Crippen LogP contribution in [0.2, 0.25) is 0 Å². The number of aromatic nitrogens is 3. The van der Waals surface area contributed by atoms with Crippen molar-refractivity contribution in [3.8, 4) is 0 Å². The highest BCUT2D eigenvalue weighted by Gasteiger charge is 2.31. The Balaban J connectivity index is 1.57. The minimum absolute atomic E-state index is 0.297. The number of primary amides is 1. The lowest BCUT2D eigenvalue weighted by Crippen LogP contribution is -2.30. The van der Waals surface area contributed by atoms with Crippen molar-refractivity contribution in [1.29, 1.82) is 0 Å². The Bertz CT molecular complexity index is 898. The highest BCUT2D eigenvalue weighted by molar-refractivity contribution is 7.71. The molecule has 0 bridgehead atoms. The fraction of sp³-hybridized carbons (Fsp3) is 0.550. The molecule has 2 aliphatic rings. The molecule has 7 heteroatoms. The summed E-state index contributed by atoms with van der Waals surface area (Å²) < 4.78 is 4.62. The van der Waals surface area contributed by atoms with Crippen molar-refractivity contribution in [2.45, 2.75) is 63.7 Å². The second-order valence-electron chi connectivity index (χ2n) is 7.79. The van der Waals surface area contributed by atoms with Gasteiger partial charge in [-0.2, -0.15) is 5.10 Å². The van der Waals surface area contributed by atoms with Crippen molar-refractivity contribution in [3.63, 3.8) is 0 Å². The van der Waals surface area contributed by atoms with E-state index in [-0.39, 0.29) is 5.91 Å². The highest BCUT2D eigenvalue weighted by atomic mass is 32.1. The summed E-state index contributed by atoms with van der Waals surface area (Å²) in [6.07, 6.45) is 6.11. The summed E-state index contributed by atoms with van der Waals surface area (Å²) >= 11 is 5.69. The van der Waals surface area contributed by atoms with Gasteiger partial charge in [-0.3, -0.25) is 9.69 Å². The smallest absolute Gasteiger partial charge is 0.219 e. The number of rotatable bonds is 7. The van der Waals surface area contributed by atoms with E-state index in [4.69, 9.17) is 23.1 Å². The minimum atomic E-state index is -0.303. The summed E-state index contributed by atoms with van der Waals surface area (Å²) in [5.74, 6) is 1.18. The van der Waals surface area contributed by atoms with Crippen LogP contribution in [0, 0.1) is 4.77 Å². The molecular weight excluding hydrogens is 358 g/mol. The number of hydrogen-bond acceptors (Lipinski definition) is 4. The molecular formula is C20H27N5OS. The molecule has 2 aromatic rings. The first kappa shape index (κ1) is 18.4. The molecule has 1 aromatic carbocycles.